The van der Waals surface area contributed by atoms with E-state index in [9.17, 15) is 20.1 Å². The van der Waals surface area contributed by atoms with Crippen LogP contribution >= 0.6 is 0 Å². The molecule has 3 unspecified atom stereocenters. The number of carbonyl (C=O) groups excluding carboxylic acids is 1. The lowest BCUT2D eigenvalue weighted by atomic mass is 10.1. The molecule has 0 spiro atoms. The molecule has 0 aliphatic heterocycles. The molecule has 5 nitrogen and oxygen atoms in total. The van der Waals surface area contributed by atoms with Crippen LogP contribution in [0.15, 0.2) is 36.5 Å². The fourth-order valence-electron chi connectivity index (χ4n) is 3.51. The number of nitrogens with one attached hydrogen (secondary N) is 1. The molecule has 0 aliphatic carbocycles. The first-order chi connectivity index (χ1) is 16.0. The first-order valence-corrected chi connectivity index (χ1v) is 13.3. The Kier molecular flexibility index (Phi) is 22.7. The van der Waals surface area contributed by atoms with Crippen LogP contribution in [-0.4, -0.2) is 46.1 Å². The number of hydrogen-bond donors (Lipinski definition) is 4. The molecule has 0 aromatic carbocycles. The first kappa shape index (κ1) is 31.6. The highest BCUT2D eigenvalue weighted by Gasteiger charge is 2.19. The summed E-state index contributed by atoms with van der Waals surface area (Å²) in [4.78, 5) is 12.2. The van der Waals surface area contributed by atoms with Crippen LogP contribution in [0, 0.1) is 0 Å². The SMILES string of the molecule is CCCC/C=C\CCCCCC(O)CC(=O)NC(CO)C(O)/C=C/CC/C=C/CCCCC. The van der Waals surface area contributed by atoms with Crippen LogP contribution in [-0.2, 0) is 4.79 Å². The van der Waals surface area contributed by atoms with Crippen LogP contribution in [0.1, 0.15) is 110 Å². The Morgan fingerprint density at radius 2 is 1.33 bits per heavy atom. The molecule has 0 rings (SSSR count). The van der Waals surface area contributed by atoms with Gasteiger partial charge in [-0.15, -0.1) is 0 Å². The topological polar surface area (TPSA) is 89.8 Å². The zero-order valence-electron chi connectivity index (χ0n) is 21.3. The maximum Gasteiger partial charge on any atom is 0.222 e. The van der Waals surface area contributed by atoms with Crippen LogP contribution in [0.3, 0.4) is 0 Å². The van der Waals surface area contributed by atoms with Crippen molar-refractivity contribution in [2.45, 2.75) is 128 Å². The second kappa shape index (κ2) is 23.7. The second-order valence-electron chi connectivity index (χ2n) is 8.93. The van der Waals surface area contributed by atoms with Crippen molar-refractivity contribution >= 4 is 5.91 Å². The number of rotatable bonds is 22. The molecule has 0 fully saturated rings. The molecule has 192 valence electrons. The number of amides is 1. The highest BCUT2D eigenvalue weighted by atomic mass is 16.3. The fourth-order valence-corrected chi connectivity index (χ4v) is 3.51. The predicted octanol–water partition coefficient (Wildman–Crippen LogP) is 5.75. The highest BCUT2D eigenvalue weighted by molar-refractivity contribution is 5.76. The zero-order valence-corrected chi connectivity index (χ0v) is 21.3. The summed E-state index contributed by atoms with van der Waals surface area (Å²) in [6.07, 6.45) is 25.5. The van der Waals surface area contributed by atoms with E-state index in [-0.39, 0.29) is 18.9 Å². The van der Waals surface area contributed by atoms with Gasteiger partial charge in [0, 0.05) is 0 Å². The molecule has 4 N–H and O–H groups in total. The minimum Gasteiger partial charge on any atom is -0.394 e. The molecule has 1 amide bonds. The number of hydrogen-bond acceptors (Lipinski definition) is 4. The Bertz CT molecular complexity index is 530. The van der Waals surface area contributed by atoms with Crippen molar-refractivity contribution in [2.24, 2.45) is 0 Å². The quantitative estimate of drug-likeness (QED) is 0.121. The minimum absolute atomic E-state index is 0.00726. The predicted molar refractivity (Wildman–Crippen MR) is 139 cm³/mol. The Hall–Kier alpha value is -1.43. The molecule has 0 aromatic heterocycles. The number of carbonyl (C=O) groups is 1. The minimum atomic E-state index is -0.949. The normalized spacial score (nSPS) is 14.9. The van der Waals surface area contributed by atoms with Crippen molar-refractivity contribution in [3.63, 3.8) is 0 Å². The van der Waals surface area contributed by atoms with Gasteiger partial charge >= 0.3 is 0 Å². The standard InChI is InChI=1S/C28H51NO4/c1-3-5-7-9-11-13-15-17-19-21-25(31)23-28(33)29-26(24-30)27(32)22-20-18-16-14-12-10-8-6-4-2/h9,11-12,14,20,22,25-27,30-32H,3-8,10,13,15-19,21,23-24H2,1-2H3,(H,29,33)/b11-9-,14-12+,22-20+. The van der Waals surface area contributed by atoms with Crippen molar-refractivity contribution in [2.75, 3.05) is 6.61 Å². The third kappa shape index (κ3) is 20.9. The maximum absolute atomic E-state index is 12.2. The molecular formula is C28H51NO4. The first-order valence-electron chi connectivity index (χ1n) is 13.3. The average molecular weight is 466 g/mol. The van der Waals surface area contributed by atoms with Gasteiger partial charge in [0.25, 0.3) is 0 Å². The molecule has 0 bridgehead atoms. The van der Waals surface area contributed by atoms with Gasteiger partial charge in [-0.3, -0.25) is 4.79 Å². The lowest BCUT2D eigenvalue weighted by Gasteiger charge is -2.20. The molecule has 0 radical (unpaired) electrons. The van der Waals surface area contributed by atoms with E-state index in [4.69, 9.17) is 0 Å². The van der Waals surface area contributed by atoms with Gasteiger partial charge < -0.3 is 20.6 Å². The van der Waals surface area contributed by atoms with Gasteiger partial charge in [-0.05, 0) is 51.4 Å². The highest BCUT2D eigenvalue weighted by Crippen LogP contribution is 2.10. The Morgan fingerprint density at radius 3 is 1.97 bits per heavy atom. The monoisotopic (exact) mass is 465 g/mol. The lowest BCUT2D eigenvalue weighted by molar-refractivity contribution is -0.124. The molecule has 0 heterocycles. The third-order valence-electron chi connectivity index (χ3n) is 5.65. The van der Waals surface area contributed by atoms with Crippen molar-refractivity contribution < 1.29 is 20.1 Å². The van der Waals surface area contributed by atoms with Gasteiger partial charge in [0.05, 0.1) is 31.3 Å². The zero-order chi connectivity index (χ0) is 24.6. The number of unbranched alkanes of at least 4 members (excludes halogenated alkanes) is 9. The summed E-state index contributed by atoms with van der Waals surface area (Å²) in [5.41, 5.74) is 0. The second-order valence-corrected chi connectivity index (χ2v) is 8.93. The Balaban J connectivity index is 3.98. The van der Waals surface area contributed by atoms with E-state index in [1.54, 1.807) is 6.08 Å². The van der Waals surface area contributed by atoms with Gasteiger partial charge in [0.1, 0.15) is 0 Å². The molecule has 0 aromatic rings. The van der Waals surface area contributed by atoms with E-state index in [1.807, 2.05) is 6.08 Å². The van der Waals surface area contributed by atoms with Crippen molar-refractivity contribution in [3.05, 3.63) is 36.5 Å². The summed E-state index contributed by atoms with van der Waals surface area (Å²) in [5, 5.41) is 32.5. The fraction of sp³-hybridized carbons (Fsp3) is 0.750. The summed E-state index contributed by atoms with van der Waals surface area (Å²) >= 11 is 0. The van der Waals surface area contributed by atoms with Gasteiger partial charge in [-0.25, -0.2) is 0 Å². The molecule has 0 aliphatic rings. The molecule has 3 atom stereocenters. The summed E-state index contributed by atoms with van der Waals surface area (Å²) in [5.74, 6) is -0.345. The van der Waals surface area contributed by atoms with Gasteiger partial charge in [0.2, 0.25) is 5.91 Å². The smallest absolute Gasteiger partial charge is 0.222 e. The summed E-state index contributed by atoms with van der Waals surface area (Å²) < 4.78 is 0. The van der Waals surface area contributed by atoms with Crippen LogP contribution in [0.4, 0.5) is 0 Å². The Labute approximate surface area is 203 Å². The van der Waals surface area contributed by atoms with Crippen molar-refractivity contribution in [1.82, 2.24) is 5.32 Å². The van der Waals surface area contributed by atoms with Gasteiger partial charge in [-0.2, -0.15) is 0 Å². The maximum atomic E-state index is 12.2. The van der Waals surface area contributed by atoms with E-state index < -0.39 is 18.2 Å². The molecule has 5 heteroatoms. The summed E-state index contributed by atoms with van der Waals surface area (Å²) in [7, 11) is 0. The third-order valence-corrected chi connectivity index (χ3v) is 5.65. The summed E-state index contributed by atoms with van der Waals surface area (Å²) in [6.45, 7) is 4.04. The van der Waals surface area contributed by atoms with Crippen LogP contribution in [0.5, 0.6) is 0 Å². The van der Waals surface area contributed by atoms with E-state index in [2.05, 4.69) is 43.5 Å². The number of aliphatic hydroxyl groups is 3. The number of aliphatic hydroxyl groups excluding tert-OH is 3. The van der Waals surface area contributed by atoms with Crippen LogP contribution in [0.2, 0.25) is 0 Å². The molecular weight excluding hydrogens is 414 g/mol. The molecule has 0 saturated heterocycles. The van der Waals surface area contributed by atoms with E-state index in [0.29, 0.717) is 6.42 Å². The molecule has 0 saturated carbocycles. The van der Waals surface area contributed by atoms with Gasteiger partial charge in [0.15, 0.2) is 0 Å². The van der Waals surface area contributed by atoms with Gasteiger partial charge in [-0.1, -0.05) is 88.8 Å². The van der Waals surface area contributed by atoms with Crippen molar-refractivity contribution in [3.8, 4) is 0 Å². The van der Waals surface area contributed by atoms with E-state index in [1.165, 1.54) is 32.1 Å². The summed E-state index contributed by atoms with van der Waals surface area (Å²) in [6, 6.07) is -0.759. The molecule has 33 heavy (non-hydrogen) atoms. The van der Waals surface area contributed by atoms with E-state index >= 15 is 0 Å². The van der Waals surface area contributed by atoms with Crippen molar-refractivity contribution in [1.29, 1.82) is 0 Å². The van der Waals surface area contributed by atoms with E-state index in [0.717, 1.165) is 51.4 Å². The lowest BCUT2D eigenvalue weighted by Crippen LogP contribution is -2.45. The number of allylic oxidation sites excluding steroid dienone is 5. The largest absolute Gasteiger partial charge is 0.394 e. The van der Waals surface area contributed by atoms with Crippen LogP contribution in [0.25, 0.3) is 0 Å². The average Bonchev–Trinajstić information content (AvgIpc) is 2.80. The Morgan fingerprint density at radius 1 is 0.758 bits per heavy atom. The van der Waals surface area contributed by atoms with Crippen LogP contribution < -0.4 is 5.32 Å².